The number of nitrogens with one attached hydrogen (secondary N) is 1. The Kier molecular flexibility index (Phi) is 8.48. The van der Waals surface area contributed by atoms with Gasteiger partial charge >= 0.3 is 0 Å². The minimum Gasteiger partial charge on any atom is -0.497 e. The normalized spacial score (nSPS) is 14.2. The van der Waals surface area contributed by atoms with E-state index < -0.39 is 22.6 Å². The molecule has 3 atom stereocenters. The second kappa shape index (κ2) is 10.8. The molecule has 0 saturated heterocycles. The van der Waals surface area contributed by atoms with Crippen LogP contribution in [0.5, 0.6) is 5.75 Å². The van der Waals surface area contributed by atoms with Gasteiger partial charge < -0.3 is 4.74 Å². The topological polar surface area (TPSA) is 75.6 Å². The second-order valence-electron chi connectivity index (χ2n) is 6.51. The molecular weight excluding hydrogens is 362 g/mol. The van der Waals surface area contributed by atoms with Gasteiger partial charge in [-0.25, -0.2) is 5.48 Å². The highest BCUT2D eigenvalue weighted by atomic mass is 32.2. The van der Waals surface area contributed by atoms with Gasteiger partial charge in [-0.15, -0.1) is 0 Å². The molecule has 1 amide bonds. The number of hydrogen-bond donors (Lipinski definition) is 2. The van der Waals surface area contributed by atoms with E-state index in [0.717, 1.165) is 19.3 Å². The number of amides is 1. The number of carbonyl (C=O) groups is 1. The quantitative estimate of drug-likeness (QED) is 0.369. The molecule has 2 aromatic carbocycles. The number of hydroxylamine groups is 1. The molecular formula is C21H27NO4S. The van der Waals surface area contributed by atoms with Gasteiger partial charge in [-0.05, 0) is 49.1 Å². The van der Waals surface area contributed by atoms with Gasteiger partial charge in [0, 0.05) is 4.90 Å². The van der Waals surface area contributed by atoms with E-state index in [9.17, 15) is 9.00 Å². The fourth-order valence-electron chi connectivity index (χ4n) is 3.02. The van der Waals surface area contributed by atoms with Crippen LogP contribution in [-0.2, 0) is 22.0 Å². The average Bonchev–Trinajstić information content (AvgIpc) is 2.73. The fourth-order valence-corrected chi connectivity index (χ4v) is 4.65. The van der Waals surface area contributed by atoms with E-state index in [4.69, 9.17) is 9.94 Å². The van der Waals surface area contributed by atoms with E-state index in [0.29, 0.717) is 17.1 Å². The van der Waals surface area contributed by atoms with Crippen LogP contribution >= 0.6 is 0 Å². The summed E-state index contributed by atoms with van der Waals surface area (Å²) in [4.78, 5) is 12.6. The van der Waals surface area contributed by atoms with E-state index in [-0.39, 0.29) is 5.25 Å². The minimum atomic E-state index is -1.36. The minimum absolute atomic E-state index is 0.374. The summed E-state index contributed by atoms with van der Waals surface area (Å²) >= 11 is 0. The first-order valence-corrected chi connectivity index (χ1v) is 10.3. The molecule has 0 saturated carbocycles. The Hall–Kier alpha value is -2.18. The molecule has 146 valence electrons. The van der Waals surface area contributed by atoms with Crippen LogP contribution in [0.1, 0.15) is 31.7 Å². The molecule has 0 spiro atoms. The summed E-state index contributed by atoms with van der Waals surface area (Å²) in [5.41, 5.74) is 2.96. The van der Waals surface area contributed by atoms with Gasteiger partial charge in [-0.1, -0.05) is 43.7 Å². The molecule has 0 bridgehead atoms. The zero-order chi connectivity index (χ0) is 19.6. The molecule has 6 heteroatoms. The van der Waals surface area contributed by atoms with Crippen LogP contribution in [0.4, 0.5) is 0 Å². The summed E-state index contributed by atoms with van der Waals surface area (Å²) in [5.74, 6) is -0.379. The lowest BCUT2D eigenvalue weighted by atomic mass is 10.00. The van der Waals surface area contributed by atoms with Gasteiger partial charge in [0.2, 0.25) is 5.91 Å². The Morgan fingerprint density at radius 3 is 2.37 bits per heavy atom. The van der Waals surface area contributed by atoms with Crippen molar-refractivity contribution in [1.29, 1.82) is 0 Å². The van der Waals surface area contributed by atoms with Crippen molar-refractivity contribution in [1.82, 2.24) is 5.48 Å². The highest BCUT2D eigenvalue weighted by molar-refractivity contribution is 7.85. The Labute approximate surface area is 163 Å². The summed E-state index contributed by atoms with van der Waals surface area (Å²) in [6.45, 7) is 1.70. The first kappa shape index (κ1) is 21.1. The van der Waals surface area contributed by atoms with Gasteiger partial charge in [0.15, 0.2) is 0 Å². The molecule has 0 aliphatic carbocycles. The van der Waals surface area contributed by atoms with E-state index in [1.54, 1.807) is 43.8 Å². The van der Waals surface area contributed by atoms with Crippen LogP contribution in [0.15, 0.2) is 59.5 Å². The largest absolute Gasteiger partial charge is 0.497 e. The van der Waals surface area contributed by atoms with Crippen LogP contribution in [0, 0.1) is 5.92 Å². The van der Waals surface area contributed by atoms with Gasteiger partial charge in [-0.2, -0.15) is 0 Å². The molecule has 0 aliphatic rings. The number of ether oxygens (including phenoxy) is 1. The third-order valence-corrected chi connectivity index (χ3v) is 6.63. The summed E-state index contributed by atoms with van der Waals surface area (Å²) in [6, 6.07) is 17.3. The number of rotatable bonds is 10. The van der Waals surface area contributed by atoms with Crippen LogP contribution in [0.25, 0.3) is 0 Å². The van der Waals surface area contributed by atoms with Crippen LogP contribution in [0.3, 0.4) is 0 Å². The average molecular weight is 390 g/mol. The van der Waals surface area contributed by atoms with Crippen LogP contribution < -0.4 is 10.2 Å². The second-order valence-corrected chi connectivity index (χ2v) is 8.18. The predicted molar refractivity (Wildman–Crippen MR) is 106 cm³/mol. The van der Waals surface area contributed by atoms with Crippen molar-refractivity contribution in [3.05, 3.63) is 60.2 Å². The molecule has 5 nitrogen and oxygen atoms in total. The highest BCUT2D eigenvalue weighted by Gasteiger charge is 2.29. The molecule has 0 aromatic heterocycles. The van der Waals surface area contributed by atoms with Gasteiger partial charge in [-0.3, -0.25) is 14.2 Å². The summed E-state index contributed by atoms with van der Waals surface area (Å²) in [5, 5.41) is 8.61. The third-order valence-electron chi connectivity index (χ3n) is 4.70. The lowest BCUT2D eigenvalue weighted by Crippen LogP contribution is -2.36. The lowest BCUT2D eigenvalue weighted by molar-refractivity contribution is -0.132. The maximum Gasteiger partial charge on any atom is 0.247 e. The predicted octanol–water partition coefficient (Wildman–Crippen LogP) is 3.73. The van der Waals surface area contributed by atoms with Crippen molar-refractivity contribution in [2.45, 2.75) is 42.8 Å². The molecule has 0 aliphatic heterocycles. The molecule has 2 N–H and O–H groups in total. The fraction of sp³-hybridized carbons (Fsp3) is 0.381. The summed E-state index contributed by atoms with van der Waals surface area (Å²) in [6.07, 6.45) is 3.39. The Bertz CT molecular complexity index is 734. The molecule has 0 radical (unpaired) electrons. The molecule has 0 heterocycles. The molecule has 27 heavy (non-hydrogen) atoms. The number of hydrogen-bond acceptors (Lipinski definition) is 4. The number of benzene rings is 2. The smallest absolute Gasteiger partial charge is 0.247 e. The molecule has 3 unspecified atom stereocenters. The van der Waals surface area contributed by atoms with Gasteiger partial charge in [0.1, 0.15) is 5.75 Å². The van der Waals surface area contributed by atoms with Crippen molar-refractivity contribution in [3.8, 4) is 5.75 Å². The standard InChI is InChI=1S/C21H27NO4S/c1-16(21(23)22-24)20(11-7-6-10-17-8-4-3-5-9-17)27(25)19-14-12-18(26-2)13-15-19/h3-5,8-9,12-16,20,24H,6-7,10-11H2,1-2H3,(H,22,23). The summed E-state index contributed by atoms with van der Waals surface area (Å²) < 4.78 is 18.2. The van der Waals surface area contributed by atoms with Gasteiger partial charge in [0.05, 0.1) is 29.1 Å². The summed E-state index contributed by atoms with van der Waals surface area (Å²) in [7, 11) is 0.219. The van der Waals surface area contributed by atoms with Crippen LogP contribution in [0.2, 0.25) is 0 Å². The number of unbranched alkanes of at least 4 members (excludes halogenated alkanes) is 1. The number of methoxy groups -OCH3 is 1. The lowest BCUT2D eigenvalue weighted by Gasteiger charge is -2.22. The SMILES string of the molecule is COc1ccc(S(=O)C(CCCCc2ccccc2)C(C)C(=O)NO)cc1. The van der Waals surface area contributed by atoms with E-state index in [1.807, 2.05) is 18.2 Å². The van der Waals surface area contributed by atoms with E-state index in [1.165, 1.54) is 5.56 Å². The van der Waals surface area contributed by atoms with E-state index >= 15 is 0 Å². The van der Waals surface area contributed by atoms with Crippen molar-refractivity contribution in [3.63, 3.8) is 0 Å². The molecule has 2 aromatic rings. The maximum atomic E-state index is 13.1. The van der Waals surface area contributed by atoms with Crippen molar-refractivity contribution in [2.24, 2.45) is 5.92 Å². The maximum absolute atomic E-state index is 13.1. The highest BCUT2D eigenvalue weighted by Crippen LogP contribution is 2.25. The third kappa shape index (κ3) is 6.19. The zero-order valence-corrected chi connectivity index (χ0v) is 16.6. The van der Waals surface area contributed by atoms with Crippen molar-refractivity contribution >= 4 is 16.7 Å². The number of aryl methyl sites for hydroxylation is 1. The van der Waals surface area contributed by atoms with Crippen molar-refractivity contribution in [2.75, 3.05) is 7.11 Å². The monoisotopic (exact) mass is 389 g/mol. The van der Waals surface area contributed by atoms with E-state index in [2.05, 4.69) is 12.1 Å². The van der Waals surface area contributed by atoms with Crippen LogP contribution in [-0.4, -0.2) is 27.7 Å². The Morgan fingerprint density at radius 1 is 1.11 bits per heavy atom. The Balaban J connectivity index is 2.03. The van der Waals surface area contributed by atoms with Gasteiger partial charge in [0.25, 0.3) is 0 Å². The number of carbonyl (C=O) groups excluding carboxylic acids is 1. The first-order chi connectivity index (χ1) is 13.1. The van der Waals surface area contributed by atoms with Crippen molar-refractivity contribution < 1.29 is 18.9 Å². The molecule has 0 fully saturated rings. The Morgan fingerprint density at radius 2 is 1.78 bits per heavy atom. The zero-order valence-electron chi connectivity index (χ0n) is 15.8. The molecule has 2 rings (SSSR count). The first-order valence-electron chi connectivity index (χ1n) is 9.09.